The Balaban J connectivity index is 2.65. The number of unbranched alkanes of at least 4 members (excludes halogenated alkanes) is 2. The molecule has 1 aromatic carbocycles. The van der Waals surface area contributed by atoms with Crippen molar-refractivity contribution in [2.24, 2.45) is 5.92 Å². The zero-order chi connectivity index (χ0) is 18.5. The van der Waals surface area contributed by atoms with Crippen LogP contribution in [0.5, 0.6) is 0 Å². The standard InChI is InChI=1S/C19H27NO5/c1-3-5-7-12-16(13-21)17(18(22)24-4-2)20-19(23)25-14-15-10-8-6-9-11-15/h6,8-11,13,16-17H,3-5,7,12,14H2,1-2H3,(H,20,23)/t16-,17-/m0/s1. The van der Waals surface area contributed by atoms with E-state index in [0.29, 0.717) is 12.7 Å². The van der Waals surface area contributed by atoms with E-state index in [-0.39, 0.29) is 13.2 Å². The highest BCUT2D eigenvalue weighted by molar-refractivity contribution is 5.84. The van der Waals surface area contributed by atoms with E-state index in [2.05, 4.69) is 12.2 Å². The van der Waals surface area contributed by atoms with Gasteiger partial charge < -0.3 is 19.6 Å². The summed E-state index contributed by atoms with van der Waals surface area (Å²) < 4.78 is 10.1. The summed E-state index contributed by atoms with van der Waals surface area (Å²) in [4.78, 5) is 35.6. The number of carbonyl (C=O) groups is 3. The predicted molar refractivity (Wildman–Crippen MR) is 93.9 cm³/mol. The first-order chi connectivity index (χ1) is 12.1. The van der Waals surface area contributed by atoms with Crippen LogP contribution in [0.2, 0.25) is 0 Å². The summed E-state index contributed by atoms with van der Waals surface area (Å²) in [7, 11) is 0. The van der Waals surface area contributed by atoms with Crippen LogP contribution in [0.15, 0.2) is 30.3 Å². The van der Waals surface area contributed by atoms with Crippen molar-refractivity contribution >= 4 is 18.3 Å². The number of esters is 1. The summed E-state index contributed by atoms with van der Waals surface area (Å²) >= 11 is 0. The first-order valence-corrected chi connectivity index (χ1v) is 8.71. The van der Waals surface area contributed by atoms with Gasteiger partial charge in [-0.15, -0.1) is 0 Å². The van der Waals surface area contributed by atoms with E-state index in [1.165, 1.54) is 0 Å². The smallest absolute Gasteiger partial charge is 0.408 e. The SMILES string of the molecule is CCCCC[C@@H](C=O)[C@H](NC(=O)OCc1ccccc1)C(=O)OCC. The molecule has 2 atom stereocenters. The van der Waals surface area contributed by atoms with Crippen LogP contribution in [-0.4, -0.2) is 31.0 Å². The van der Waals surface area contributed by atoms with Crippen molar-refractivity contribution in [3.05, 3.63) is 35.9 Å². The van der Waals surface area contributed by atoms with E-state index in [0.717, 1.165) is 24.8 Å². The first kappa shape index (κ1) is 20.7. The second kappa shape index (κ2) is 12.1. The molecule has 0 radical (unpaired) electrons. The lowest BCUT2D eigenvalue weighted by atomic mass is 9.95. The molecule has 0 aliphatic rings. The number of amides is 1. The van der Waals surface area contributed by atoms with Gasteiger partial charge in [-0.05, 0) is 18.9 Å². The minimum atomic E-state index is -1.03. The van der Waals surface area contributed by atoms with E-state index in [9.17, 15) is 14.4 Å². The number of aldehydes is 1. The van der Waals surface area contributed by atoms with Gasteiger partial charge in [0.05, 0.1) is 6.61 Å². The van der Waals surface area contributed by atoms with E-state index >= 15 is 0 Å². The maximum Gasteiger partial charge on any atom is 0.408 e. The molecule has 1 rings (SSSR count). The number of nitrogens with one attached hydrogen (secondary N) is 1. The quantitative estimate of drug-likeness (QED) is 0.377. The molecule has 0 saturated heterocycles. The summed E-state index contributed by atoms with van der Waals surface area (Å²) in [6.45, 7) is 3.99. The van der Waals surface area contributed by atoms with Crippen LogP contribution in [0.4, 0.5) is 4.79 Å². The Hall–Kier alpha value is -2.37. The molecule has 0 aliphatic carbocycles. The van der Waals surface area contributed by atoms with Gasteiger partial charge in [-0.1, -0.05) is 56.5 Å². The van der Waals surface area contributed by atoms with E-state index in [1.54, 1.807) is 6.92 Å². The number of alkyl carbamates (subject to hydrolysis) is 1. The molecule has 0 spiro atoms. The summed E-state index contributed by atoms with van der Waals surface area (Å²) in [6, 6.07) is 8.18. The molecule has 6 nitrogen and oxygen atoms in total. The molecule has 0 heterocycles. The summed E-state index contributed by atoms with van der Waals surface area (Å²) in [5, 5.41) is 2.48. The number of ether oxygens (including phenoxy) is 2. The van der Waals surface area contributed by atoms with Crippen LogP contribution in [0.25, 0.3) is 0 Å². The minimum absolute atomic E-state index is 0.0871. The molecule has 0 saturated carbocycles. The van der Waals surface area contributed by atoms with Crippen molar-refractivity contribution in [1.29, 1.82) is 0 Å². The molecule has 1 N–H and O–H groups in total. The second-order valence-corrected chi connectivity index (χ2v) is 5.73. The highest BCUT2D eigenvalue weighted by Gasteiger charge is 2.31. The molecule has 0 fully saturated rings. The van der Waals surface area contributed by atoms with E-state index in [4.69, 9.17) is 9.47 Å². The Morgan fingerprint density at radius 2 is 1.84 bits per heavy atom. The third-order valence-electron chi connectivity index (χ3n) is 3.77. The van der Waals surface area contributed by atoms with Crippen molar-refractivity contribution < 1.29 is 23.9 Å². The van der Waals surface area contributed by atoms with Gasteiger partial charge in [0.1, 0.15) is 18.9 Å². The van der Waals surface area contributed by atoms with Gasteiger partial charge in [-0.2, -0.15) is 0 Å². The van der Waals surface area contributed by atoms with Gasteiger partial charge >= 0.3 is 12.1 Å². The fraction of sp³-hybridized carbons (Fsp3) is 0.526. The van der Waals surface area contributed by atoms with Crippen LogP contribution in [-0.2, 0) is 25.7 Å². The third kappa shape index (κ3) is 7.83. The lowest BCUT2D eigenvalue weighted by Gasteiger charge is -2.22. The van der Waals surface area contributed by atoms with E-state index in [1.807, 2.05) is 30.3 Å². The van der Waals surface area contributed by atoms with Crippen molar-refractivity contribution in [3.8, 4) is 0 Å². The molecule has 0 aromatic heterocycles. The van der Waals surface area contributed by atoms with Crippen molar-refractivity contribution in [2.45, 2.75) is 52.2 Å². The van der Waals surface area contributed by atoms with Gasteiger partial charge in [0, 0.05) is 5.92 Å². The fourth-order valence-corrected chi connectivity index (χ4v) is 2.41. The Morgan fingerprint density at radius 1 is 1.12 bits per heavy atom. The molecule has 1 aromatic rings. The van der Waals surface area contributed by atoms with Crippen LogP contribution >= 0.6 is 0 Å². The largest absolute Gasteiger partial charge is 0.464 e. The molecule has 0 bridgehead atoms. The molecule has 25 heavy (non-hydrogen) atoms. The summed E-state index contributed by atoms with van der Waals surface area (Å²) in [6.07, 6.45) is 3.23. The van der Waals surface area contributed by atoms with Crippen LogP contribution in [0, 0.1) is 5.92 Å². The maximum absolute atomic E-state index is 12.1. The molecule has 6 heteroatoms. The molecule has 138 valence electrons. The Labute approximate surface area is 148 Å². The maximum atomic E-state index is 12.1. The molecular weight excluding hydrogens is 322 g/mol. The predicted octanol–water partition coefficient (Wildman–Crippen LogP) is 3.24. The van der Waals surface area contributed by atoms with Gasteiger partial charge in [0.2, 0.25) is 0 Å². The minimum Gasteiger partial charge on any atom is -0.464 e. The average molecular weight is 349 g/mol. The summed E-state index contributed by atoms with van der Waals surface area (Å²) in [5.74, 6) is -1.25. The van der Waals surface area contributed by atoms with Gasteiger partial charge in [-0.3, -0.25) is 0 Å². The van der Waals surface area contributed by atoms with Gasteiger partial charge in [0.15, 0.2) is 0 Å². The summed E-state index contributed by atoms with van der Waals surface area (Å²) in [5.41, 5.74) is 0.834. The first-order valence-electron chi connectivity index (χ1n) is 8.71. The molecule has 0 aliphatic heterocycles. The number of benzene rings is 1. The number of hydrogen-bond donors (Lipinski definition) is 1. The van der Waals surface area contributed by atoms with Crippen molar-refractivity contribution in [2.75, 3.05) is 6.61 Å². The lowest BCUT2D eigenvalue weighted by molar-refractivity contribution is -0.148. The highest BCUT2D eigenvalue weighted by Crippen LogP contribution is 2.14. The van der Waals surface area contributed by atoms with Gasteiger partial charge in [-0.25, -0.2) is 9.59 Å². The van der Waals surface area contributed by atoms with E-state index < -0.39 is 24.0 Å². The number of hydrogen-bond acceptors (Lipinski definition) is 5. The Kier molecular flexibility index (Phi) is 9.97. The average Bonchev–Trinajstić information content (AvgIpc) is 2.63. The van der Waals surface area contributed by atoms with Crippen molar-refractivity contribution in [3.63, 3.8) is 0 Å². The fourth-order valence-electron chi connectivity index (χ4n) is 2.41. The Bertz CT molecular complexity index is 532. The highest BCUT2D eigenvalue weighted by atomic mass is 16.6. The van der Waals surface area contributed by atoms with Crippen LogP contribution in [0.3, 0.4) is 0 Å². The Morgan fingerprint density at radius 3 is 2.44 bits per heavy atom. The molecular formula is C19H27NO5. The number of rotatable bonds is 11. The zero-order valence-corrected chi connectivity index (χ0v) is 14.9. The zero-order valence-electron chi connectivity index (χ0n) is 14.9. The lowest BCUT2D eigenvalue weighted by Crippen LogP contribution is -2.47. The third-order valence-corrected chi connectivity index (χ3v) is 3.77. The van der Waals surface area contributed by atoms with Gasteiger partial charge in [0.25, 0.3) is 0 Å². The number of carbonyl (C=O) groups excluding carboxylic acids is 3. The van der Waals surface area contributed by atoms with Crippen LogP contribution < -0.4 is 5.32 Å². The van der Waals surface area contributed by atoms with Crippen molar-refractivity contribution in [1.82, 2.24) is 5.32 Å². The molecule has 1 amide bonds. The van der Waals surface area contributed by atoms with Crippen LogP contribution in [0.1, 0.15) is 45.1 Å². The second-order valence-electron chi connectivity index (χ2n) is 5.73. The molecule has 0 unspecified atom stereocenters. The topological polar surface area (TPSA) is 81.7 Å². The normalized spacial score (nSPS) is 12.7. The monoisotopic (exact) mass is 349 g/mol.